The maximum atomic E-state index is 11.0. The van der Waals surface area contributed by atoms with Crippen LogP contribution in [0.4, 0.5) is 5.69 Å². The van der Waals surface area contributed by atoms with Gasteiger partial charge in [-0.3, -0.25) is 14.9 Å². The van der Waals surface area contributed by atoms with Gasteiger partial charge in [-0.2, -0.15) is 0 Å². The number of nitrogens with zero attached hydrogens (tertiary/aromatic N) is 1. The fourth-order valence-corrected chi connectivity index (χ4v) is 1.76. The Balaban J connectivity index is 3.31. The molecule has 0 heterocycles. The summed E-state index contributed by atoms with van der Waals surface area (Å²) < 4.78 is 0. The first kappa shape index (κ1) is 13.2. The second-order valence-electron chi connectivity index (χ2n) is 4.99. The molecule has 1 amide bonds. The maximum Gasteiger partial charge on any atom is 0.269 e. The summed E-state index contributed by atoms with van der Waals surface area (Å²) in [6.45, 7) is 5.95. The van der Waals surface area contributed by atoms with E-state index < -0.39 is 10.8 Å². The molecular weight excluding hydrogens is 220 g/mol. The highest BCUT2D eigenvalue weighted by atomic mass is 16.6. The van der Waals surface area contributed by atoms with Gasteiger partial charge in [0.25, 0.3) is 5.69 Å². The van der Waals surface area contributed by atoms with Gasteiger partial charge in [0.2, 0.25) is 5.91 Å². The number of hydrogen-bond acceptors (Lipinski definition) is 3. The van der Waals surface area contributed by atoms with Crippen LogP contribution in [0.2, 0.25) is 0 Å². The topological polar surface area (TPSA) is 86.2 Å². The molecule has 0 aliphatic rings. The normalized spacial score (nSPS) is 11.2. The van der Waals surface area contributed by atoms with Crippen molar-refractivity contribution in [2.45, 2.75) is 32.6 Å². The summed E-state index contributed by atoms with van der Waals surface area (Å²) in [4.78, 5) is 21.2. The first-order valence-corrected chi connectivity index (χ1v) is 5.28. The van der Waals surface area contributed by atoms with E-state index in [2.05, 4.69) is 0 Å². The molecule has 0 radical (unpaired) electrons. The lowest BCUT2D eigenvalue weighted by Gasteiger charge is -2.22. The van der Waals surface area contributed by atoms with E-state index in [9.17, 15) is 14.9 Å². The zero-order chi connectivity index (χ0) is 13.2. The highest BCUT2D eigenvalue weighted by Gasteiger charge is 2.21. The SMILES string of the molecule is CC(C)(C)c1ccc([N+](=O)[O-])cc1CC(N)=O. The fraction of sp³-hybridized carbons (Fsp3) is 0.417. The third-order valence-electron chi connectivity index (χ3n) is 2.47. The fourth-order valence-electron chi connectivity index (χ4n) is 1.76. The van der Waals surface area contributed by atoms with Crippen molar-refractivity contribution in [1.29, 1.82) is 0 Å². The smallest absolute Gasteiger partial charge is 0.269 e. The molecule has 0 spiro atoms. The van der Waals surface area contributed by atoms with Gasteiger partial charge in [0.1, 0.15) is 0 Å². The third kappa shape index (κ3) is 3.27. The predicted molar refractivity (Wildman–Crippen MR) is 64.7 cm³/mol. The minimum absolute atomic E-state index is 0.0192. The van der Waals surface area contributed by atoms with Crippen molar-refractivity contribution in [2.24, 2.45) is 5.73 Å². The highest BCUT2D eigenvalue weighted by molar-refractivity contribution is 5.77. The van der Waals surface area contributed by atoms with E-state index in [4.69, 9.17) is 5.73 Å². The molecular formula is C12H16N2O3. The van der Waals surface area contributed by atoms with Crippen molar-refractivity contribution in [1.82, 2.24) is 0 Å². The lowest BCUT2D eigenvalue weighted by atomic mass is 9.82. The van der Waals surface area contributed by atoms with Crippen molar-refractivity contribution < 1.29 is 9.72 Å². The van der Waals surface area contributed by atoms with Gasteiger partial charge in [0.15, 0.2) is 0 Å². The summed E-state index contributed by atoms with van der Waals surface area (Å²) in [5.41, 5.74) is 6.48. The van der Waals surface area contributed by atoms with E-state index in [1.807, 2.05) is 20.8 Å². The van der Waals surface area contributed by atoms with Gasteiger partial charge >= 0.3 is 0 Å². The molecule has 0 unspecified atom stereocenters. The number of carbonyl (C=O) groups is 1. The monoisotopic (exact) mass is 236 g/mol. The molecule has 0 saturated heterocycles. The Morgan fingerprint density at radius 3 is 2.41 bits per heavy atom. The molecule has 5 heteroatoms. The van der Waals surface area contributed by atoms with E-state index in [0.717, 1.165) is 5.56 Å². The van der Waals surface area contributed by atoms with Crippen molar-refractivity contribution in [3.8, 4) is 0 Å². The number of nitro benzene ring substituents is 1. The Kier molecular flexibility index (Phi) is 3.50. The Hall–Kier alpha value is -1.91. The largest absolute Gasteiger partial charge is 0.369 e. The van der Waals surface area contributed by atoms with E-state index in [0.29, 0.717) is 5.56 Å². The molecule has 1 aromatic carbocycles. The molecule has 0 aromatic heterocycles. The van der Waals surface area contributed by atoms with Gasteiger partial charge in [-0.25, -0.2) is 0 Å². The number of benzene rings is 1. The summed E-state index contributed by atoms with van der Waals surface area (Å²) in [5, 5.41) is 10.7. The van der Waals surface area contributed by atoms with Crippen LogP contribution in [-0.2, 0) is 16.6 Å². The summed E-state index contributed by atoms with van der Waals surface area (Å²) in [6, 6.07) is 4.56. The molecule has 92 valence electrons. The number of hydrogen-bond donors (Lipinski definition) is 1. The Bertz CT molecular complexity index is 461. The first-order chi connectivity index (χ1) is 7.71. The lowest BCUT2D eigenvalue weighted by molar-refractivity contribution is -0.384. The van der Waals surface area contributed by atoms with Gasteiger partial charge in [-0.05, 0) is 16.5 Å². The van der Waals surface area contributed by atoms with Crippen LogP contribution in [0.1, 0.15) is 31.9 Å². The second-order valence-corrected chi connectivity index (χ2v) is 4.99. The minimum atomic E-state index is -0.490. The van der Waals surface area contributed by atoms with Crippen LogP contribution in [0, 0.1) is 10.1 Å². The van der Waals surface area contributed by atoms with Crippen LogP contribution < -0.4 is 5.73 Å². The van der Waals surface area contributed by atoms with E-state index in [-0.39, 0.29) is 17.5 Å². The first-order valence-electron chi connectivity index (χ1n) is 5.28. The minimum Gasteiger partial charge on any atom is -0.369 e. The molecule has 5 nitrogen and oxygen atoms in total. The average Bonchev–Trinajstić information content (AvgIpc) is 2.14. The number of amides is 1. The quantitative estimate of drug-likeness (QED) is 0.642. The van der Waals surface area contributed by atoms with Crippen LogP contribution in [-0.4, -0.2) is 10.8 Å². The maximum absolute atomic E-state index is 11.0. The summed E-state index contributed by atoms with van der Waals surface area (Å²) in [5.74, 6) is -0.490. The van der Waals surface area contributed by atoms with E-state index >= 15 is 0 Å². The molecule has 17 heavy (non-hydrogen) atoms. The molecule has 2 N–H and O–H groups in total. The summed E-state index contributed by atoms with van der Waals surface area (Å²) >= 11 is 0. The van der Waals surface area contributed by atoms with Crippen molar-refractivity contribution in [2.75, 3.05) is 0 Å². The number of rotatable bonds is 3. The number of nitro groups is 1. The average molecular weight is 236 g/mol. The molecule has 0 saturated carbocycles. The Morgan fingerprint density at radius 1 is 1.41 bits per heavy atom. The molecule has 0 bridgehead atoms. The van der Waals surface area contributed by atoms with Crippen LogP contribution >= 0.6 is 0 Å². The Labute approximate surface area is 99.8 Å². The molecule has 0 aliphatic heterocycles. The molecule has 1 aromatic rings. The van der Waals surface area contributed by atoms with Crippen molar-refractivity contribution in [3.63, 3.8) is 0 Å². The van der Waals surface area contributed by atoms with Gasteiger partial charge in [0, 0.05) is 12.1 Å². The molecule has 0 atom stereocenters. The van der Waals surface area contributed by atoms with E-state index in [1.165, 1.54) is 12.1 Å². The number of primary amides is 1. The van der Waals surface area contributed by atoms with Crippen LogP contribution in [0.25, 0.3) is 0 Å². The predicted octanol–water partition coefficient (Wildman–Crippen LogP) is 1.92. The van der Waals surface area contributed by atoms with Crippen LogP contribution in [0.15, 0.2) is 18.2 Å². The standard InChI is InChI=1S/C12H16N2O3/c1-12(2,3)10-5-4-9(14(16)17)6-8(10)7-11(13)15/h4-6H,7H2,1-3H3,(H2,13,15). The van der Waals surface area contributed by atoms with E-state index in [1.54, 1.807) is 6.07 Å². The summed E-state index contributed by atoms with van der Waals surface area (Å²) in [7, 11) is 0. The summed E-state index contributed by atoms with van der Waals surface area (Å²) in [6.07, 6.45) is 0.0221. The Morgan fingerprint density at radius 2 is 2.00 bits per heavy atom. The number of carbonyl (C=O) groups excluding carboxylic acids is 1. The van der Waals surface area contributed by atoms with Gasteiger partial charge in [-0.15, -0.1) is 0 Å². The second kappa shape index (κ2) is 4.53. The zero-order valence-electron chi connectivity index (χ0n) is 10.2. The zero-order valence-corrected chi connectivity index (χ0v) is 10.2. The molecule has 1 rings (SSSR count). The van der Waals surface area contributed by atoms with Gasteiger partial charge < -0.3 is 5.73 Å². The number of nitrogens with two attached hydrogens (primary N) is 1. The van der Waals surface area contributed by atoms with Crippen LogP contribution in [0.5, 0.6) is 0 Å². The lowest BCUT2D eigenvalue weighted by Crippen LogP contribution is -2.20. The molecule has 0 fully saturated rings. The van der Waals surface area contributed by atoms with Gasteiger partial charge in [-0.1, -0.05) is 26.8 Å². The van der Waals surface area contributed by atoms with Crippen molar-refractivity contribution in [3.05, 3.63) is 39.4 Å². The van der Waals surface area contributed by atoms with Gasteiger partial charge in [0.05, 0.1) is 11.3 Å². The van der Waals surface area contributed by atoms with Crippen molar-refractivity contribution >= 4 is 11.6 Å². The number of non-ortho nitro benzene ring substituents is 1. The highest BCUT2D eigenvalue weighted by Crippen LogP contribution is 2.29. The third-order valence-corrected chi connectivity index (χ3v) is 2.47. The molecule has 0 aliphatic carbocycles. The van der Waals surface area contributed by atoms with Crippen LogP contribution in [0.3, 0.4) is 0 Å².